The van der Waals surface area contributed by atoms with Crippen LogP contribution < -0.4 is 10.5 Å². The normalized spacial score (nSPS) is 11.9. The number of esters is 1. The van der Waals surface area contributed by atoms with Crippen molar-refractivity contribution in [1.82, 2.24) is 0 Å². The molecule has 1 rings (SSSR count). The molecular formula is C14H21NO3S. The van der Waals surface area contributed by atoms with Crippen LogP contribution in [0.4, 0.5) is 0 Å². The SMILES string of the molecule is CCOC(=O)C(N)CSCCc1ccc(OC)cc1. The Bertz CT molecular complexity index is 381. The van der Waals surface area contributed by atoms with Crippen molar-refractivity contribution < 1.29 is 14.3 Å². The highest BCUT2D eigenvalue weighted by molar-refractivity contribution is 7.99. The number of thioether (sulfide) groups is 1. The van der Waals surface area contributed by atoms with Gasteiger partial charge in [0.15, 0.2) is 0 Å². The van der Waals surface area contributed by atoms with E-state index in [1.807, 2.05) is 24.3 Å². The van der Waals surface area contributed by atoms with Gasteiger partial charge in [-0.1, -0.05) is 12.1 Å². The van der Waals surface area contributed by atoms with E-state index >= 15 is 0 Å². The summed E-state index contributed by atoms with van der Waals surface area (Å²) in [5.41, 5.74) is 6.96. The smallest absolute Gasteiger partial charge is 0.323 e. The van der Waals surface area contributed by atoms with Gasteiger partial charge in [0.2, 0.25) is 0 Å². The highest BCUT2D eigenvalue weighted by Crippen LogP contribution is 2.13. The van der Waals surface area contributed by atoms with E-state index in [1.165, 1.54) is 5.56 Å². The van der Waals surface area contributed by atoms with Crippen molar-refractivity contribution in [3.05, 3.63) is 29.8 Å². The lowest BCUT2D eigenvalue weighted by Gasteiger charge is -2.10. The molecule has 0 aliphatic carbocycles. The first-order chi connectivity index (χ1) is 9.17. The van der Waals surface area contributed by atoms with Gasteiger partial charge in [-0.15, -0.1) is 0 Å². The van der Waals surface area contributed by atoms with E-state index < -0.39 is 6.04 Å². The number of aryl methyl sites for hydroxylation is 1. The Balaban J connectivity index is 2.21. The fourth-order valence-electron chi connectivity index (χ4n) is 1.51. The van der Waals surface area contributed by atoms with Gasteiger partial charge < -0.3 is 15.2 Å². The summed E-state index contributed by atoms with van der Waals surface area (Å²) >= 11 is 1.66. The number of ether oxygens (including phenoxy) is 2. The largest absolute Gasteiger partial charge is 0.497 e. The Kier molecular flexibility index (Phi) is 7.36. The average molecular weight is 283 g/mol. The maximum Gasteiger partial charge on any atom is 0.323 e. The molecule has 0 aliphatic heterocycles. The van der Waals surface area contributed by atoms with Gasteiger partial charge in [-0.2, -0.15) is 11.8 Å². The second-order valence-corrected chi connectivity index (χ2v) is 5.18. The van der Waals surface area contributed by atoms with E-state index in [2.05, 4.69) is 0 Å². The molecule has 4 nitrogen and oxygen atoms in total. The van der Waals surface area contributed by atoms with E-state index in [9.17, 15) is 4.79 Å². The zero-order chi connectivity index (χ0) is 14.1. The van der Waals surface area contributed by atoms with E-state index in [0.717, 1.165) is 17.9 Å². The van der Waals surface area contributed by atoms with Gasteiger partial charge in [0.05, 0.1) is 13.7 Å². The minimum Gasteiger partial charge on any atom is -0.497 e. The summed E-state index contributed by atoms with van der Waals surface area (Å²) in [5, 5.41) is 0. The topological polar surface area (TPSA) is 61.5 Å². The molecule has 106 valence electrons. The second-order valence-electron chi connectivity index (χ2n) is 4.03. The average Bonchev–Trinajstić information content (AvgIpc) is 2.44. The van der Waals surface area contributed by atoms with Gasteiger partial charge in [0.25, 0.3) is 0 Å². The van der Waals surface area contributed by atoms with Gasteiger partial charge in [-0.25, -0.2) is 0 Å². The van der Waals surface area contributed by atoms with Crippen LogP contribution in [0.2, 0.25) is 0 Å². The van der Waals surface area contributed by atoms with Crippen LogP contribution in [0, 0.1) is 0 Å². The molecule has 2 N–H and O–H groups in total. The summed E-state index contributed by atoms with van der Waals surface area (Å²) in [7, 11) is 1.65. The molecule has 1 unspecified atom stereocenters. The molecule has 0 saturated carbocycles. The third-order valence-corrected chi connectivity index (χ3v) is 3.67. The summed E-state index contributed by atoms with van der Waals surface area (Å²) in [6.07, 6.45) is 0.949. The van der Waals surface area contributed by atoms with Crippen molar-refractivity contribution >= 4 is 17.7 Å². The number of carbonyl (C=O) groups excluding carboxylic acids is 1. The molecule has 0 radical (unpaired) electrons. The molecule has 0 spiro atoms. The zero-order valence-electron chi connectivity index (χ0n) is 11.4. The van der Waals surface area contributed by atoms with Gasteiger partial charge in [-0.3, -0.25) is 4.79 Å². The molecule has 1 aromatic carbocycles. The molecule has 0 fully saturated rings. The van der Waals surface area contributed by atoms with Crippen molar-refractivity contribution in [1.29, 1.82) is 0 Å². The standard InChI is InChI=1S/C14H21NO3S/c1-3-18-14(16)13(15)10-19-9-8-11-4-6-12(17-2)7-5-11/h4-7,13H,3,8-10,15H2,1-2H3. The zero-order valence-corrected chi connectivity index (χ0v) is 12.2. The van der Waals surface area contributed by atoms with Gasteiger partial charge in [-0.05, 0) is 36.8 Å². The highest BCUT2D eigenvalue weighted by Gasteiger charge is 2.13. The maximum atomic E-state index is 11.3. The summed E-state index contributed by atoms with van der Waals surface area (Å²) in [5.74, 6) is 2.06. The molecular weight excluding hydrogens is 262 g/mol. The molecule has 5 heteroatoms. The number of benzene rings is 1. The molecule has 0 saturated heterocycles. The number of hydrogen-bond donors (Lipinski definition) is 1. The Morgan fingerprint density at radius 3 is 2.63 bits per heavy atom. The molecule has 0 bridgehead atoms. The minimum absolute atomic E-state index is 0.320. The summed E-state index contributed by atoms with van der Waals surface area (Å²) in [4.78, 5) is 11.3. The first kappa shape index (κ1) is 15.9. The second kappa shape index (κ2) is 8.82. The van der Waals surface area contributed by atoms with Gasteiger partial charge in [0.1, 0.15) is 11.8 Å². The molecule has 1 aromatic rings. The van der Waals surface area contributed by atoms with E-state index in [0.29, 0.717) is 12.4 Å². The fraction of sp³-hybridized carbons (Fsp3) is 0.500. The molecule has 19 heavy (non-hydrogen) atoms. The van der Waals surface area contributed by atoms with Crippen molar-refractivity contribution in [2.75, 3.05) is 25.2 Å². The number of methoxy groups -OCH3 is 1. The van der Waals surface area contributed by atoms with E-state index in [-0.39, 0.29) is 5.97 Å². The van der Waals surface area contributed by atoms with Crippen molar-refractivity contribution in [3.63, 3.8) is 0 Å². The van der Waals surface area contributed by atoms with Crippen LogP contribution in [0.15, 0.2) is 24.3 Å². The highest BCUT2D eigenvalue weighted by atomic mass is 32.2. The first-order valence-corrected chi connectivity index (χ1v) is 7.45. The van der Waals surface area contributed by atoms with Crippen LogP contribution in [0.25, 0.3) is 0 Å². The Labute approximate surface area is 118 Å². The van der Waals surface area contributed by atoms with Gasteiger partial charge >= 0.3 is 5.97 Å². The fourth-order valence-corrected chi connectivity index (χ4v) is 2.45. The third kappa shape index (κ3) is 5.98. The molecule has 0 amide bonds. The predicted molar refractivity (Wildman–Crippen MR) is 78.6 cm³/mol. The Hall–Kier alpha value is -1.20. The van der Waals surface area contributed by atoms with Gasteiger partial charge in [0, 0.05) is 5.75 Å². The van der Waals surface area contributed by atoms with E-state index in [1.54, 1.807) is 25.8 Å². The summed E-state index contributed by atoms with van der Waals surface area (Å²) in [6, 6.07) is 7.46. The van der Waals surface area contributed by atoms with Crippen LogP contribution in [0.3, 0.4) is 0 Å². The van der Waals surface area contributed by atoms with Crippen molar-refractivity contribution in [2.24, 2.45) is 5.73 Å². The van der Waals surface area contributed by atoms with Crippen LogP contribution in [0.1, 0.15) is 12.5 Å². The van der Waals surface area contributed by atoms with Crippen molar-refractivity contribution in [2.45, 2.75) is 19.4 Å². The predicted octanol–water partition coefficient (Wildman–Crippen LogP) is 1.86. The quantitative estimate of drug-likeness (QED) is 0.583. The molecule has 1 atom stereocenters. The lowest BCUT2D eigenvalue weighted by Crippen LogP contribution is -2.34. The third-order valence-electron chi connectivity index (χ3n) is 2.58. The summed E-state index contributed by atoms with van der Waals surface area (Å²) in [6.45, 7) is 2.16. The number of carbonyl (C=O) groups is 1. The lowest BCUT2D eigenvalue weighted by atomic mass is 10.2. The van der Waals surface area contributed by atoms with Crippen LogP contribution >= 0.6 is 11.8 Å². The first-order valence-electron chi connectivity index (χ1n) is 6.30. The van der Waals surface area contributed by atoms with Crippen LogP contribution in [-0.2, 0) is 16.0 Å². The molecule has 0 heterocycles. The number of nitrogens with two attached hydrogens (primary N) is 1. The van der Waals surface area contributed by atoms with E-state index in [4.69, 9.17) is 15.2 Å². The van der Waals surface area contributed by atoms with Crippen LogP contribution in [-0.4, -0.2) is 37.2 Å². The molecule has 0 aromatic heterocycles. The lowest BCUT2D eigenvalue weighted by molar-refractivity contribution is -0.144. The Morgan fingerprint density at radius 2 is 2.05 bits per heavy atom. The molecule has 0 aliphatic rings. The Morgan fingerprint density at radius 1 is 1.37 bits per heavy atom. The van der Waals surface area contributed by atoms with Crippen LogP contribution in [0.5, 0.6) is 5.75 Å². The van der Waals surface area contributed by atoms with Crippen molar-refractivity contribution in [3.8, 4) is 5.75 Å². The number of hydrogen-bond acceptors (Lipinski definition) is 5. The number of rotatable bonds is 8. The maximum absolute atomic E-state index is 11.3. The minimum atomic E-state index is -0.527. The monoisotopic (exact) mass is 283 g/mol. The summed E-state index contributed by atoms with van der Waals surface area (Å²) < 4.78 is 9.96.